The number of thioether (sulfide) groups is 1. The van der Waals surface area contributed by atoms with Gasteiger partial charge in [0, 0.05) is 5.75 Å². The van der Waals surface area contributed by atoms with Crippen molar-refractivity contribution in [2.45, 2.75) is 34.9 Å². The van der Waals surface area contributed by atoms with E-state index < -0.39 is 20.5 Å². The Bertz CT molecular complexity index is 1450. The van der Waals surface area contributed by atoms with Crippen molar-refractivity contribution < 1.29 is 17.2 Å². The topological polar surface area (TPSA) is 69.0 Å². The third-order valence-electron chi connectivity index (χ3n) is 5.20. The van der Waals surface area contributed by atoms with Crippen LogP contribution >= 0.6 is 11.8 Å². The van der Waals surface area contributed by atoms with Crippen LogP contribution in [0.4, 0.5) is 8.78 Å². The standard InChI is InChI=1S/C24H20F2N2O3S2/c1-2-16-7-11-18(12-8-16)28-22(29)20-5-3-4-6-21(20)27-24(28)32-15-17-9-13-19(14-10-17)33(30,31)23(25)26/h3-14,23H,2,15H2,1H3. The molecule has 0 unspecified atom stereocenters. The van der Waals surface area contributed by atoms with Crippen molar-refractivity contribution in [1.82, 2.24) is 9.55 Å². The number of halogens is 2. The van der Waals surface area contributed by atoms with E-state index in [1.54, 1.807) is 22.8 Å². The van der Waals surface area contributed by atoms with Crippen LogP contribution in [0.15, 0.2) is 87.6 Å². The maximum atomic E-state index is 13.3. The highest BCUT2D eigenvalue weighted by molar-refractivity contribution is 7.98. The molecule has 0 saturated heterocycles. The number of aromatic nitrogens is 2. The number of para-hydroxylation sites is 1. The predicted molar refractivity (Wildman–Crippen MR) is 126 cm³/mol. The van der Waals surface area contributed by atoms with E-state index in [9.17, 15) is 22.0 Å². The summed E-state index contributed by atoms with van der Waals surface area (Å²) in [5.41, 5.74) is 2.93. The zero-order valence-electron chi connectivity index (χ0n) is 17.6. The van der Waals surface area contributed by atoms with Crippen molar-refractivity contribution in [1.29, 1.82) is 0 Å². The van der Waals surface area contributed by atoms with E-state index in [2.05, 4.69) is 11.9 Å². The highest BCUT2D eigenvalue weighted by atomic mass is 32.2. The molecule has 0 aliphatic heterocycles. The summed E-state index contributed by atoms with van der Waals surface area (Å²) >= 11 is 1.31. The van der Waals surface area contributed by atoms with E-state index in [0.717, 1.165) is 12.0 Å². The first kappa shape index (κ1) is 23.1. The summed E-state index contributed by atoms with van der Waals surface area (Å²) in [4.78, 5) is 17.6. The van der Waals surface area contributed by atoms with Gasteiger partial charge in [0.1, 0.15) is 0 Å². The minimum atomic E-state index is -4.64. The molecule has 0 fully saturated rings. The monoisotopic (exact) mass is 486 g/mol. The average molecular weight is 487 g/mol. The first-order valence-electron chi connectivity index (χ1n) is 10.2. The lowest BCUT2D eigenvalue weighted by Gasteiger charge is -2.14. The highest BCUT2D eigenvalue weighted by Crippen LogP contribution is 2.26. The van der Waals surface area contributed by atoms with Crippen molar-refractivity contribution in [2.75, 3.05) is 0 Å². The van der Waals surface area contributed by atoms with Gasteiger partial charge in [0.05, 0.1) is 21.5 Å². The number of hydrogen-bond donors (Lipinski definition) is 0. The van der Waals surface area contributed by atoms with Crippen LogP contribution in [0.25, 0.3) is 16.6 Å². The molecule has 0 bridgehead atoms. The van der Waals surface area contributed by atoms with Gasteiger partial charge in [0.15, 0.2) is 5.16 Å². The maximum Gasteiger partial charge on any atom is 0.341 e. The molecule has 1 aromatic heterocycles. The smallest absolute Gasteiger partial charge is 0.268 e. The molecule has 0 aliphatic rings. The van der Waals surface area contributed by atoms with Gasteiger partial charge >= 0.3 is 5.76 Å². The lowest BCUT2D eigenvalue weighted by Crippen LogP contribution is -2.21. The van der Waals surface area contributed by atoms with Gasteiger partial charge < -0.3 is 0 Å². The number of aryl methyl sites for hydroxylation is 1. The second-order valence-corrected chi connectivity index (χ2v) is 10.2. The van der Waals surface area contributed by atoms with Crippen LogP contribution in [0, 0.1) is 0 Å². The summed E-state index contributed by atoms with van der Waals surface area (Å²) in [7, 11) is -4.64. The third-order valence-corrected chi connectivity index (χ3v) is 7.61. The summed E-state index contributed by atoms with van der Waals surface area (Å²) in [5.74, 6) is -3.10. The number of hydrogen-bond acceptors (Lipinski definition) is 5. The van der Waals surface area contributed by atoms with Gasteiger partial charge in [-0.05, 0) is 53.9 Å². The normalized spacial score (nSPS) is 11.9. The first-order valence-corrected chi connectivity index (χ1v) is 12.7. The molecule has 0 aliphatic carbocycles. The Kier molecular flexibility index (Phi) is 6.62. The van der Waals surface area contributed by atoms with Gasteiger partial charge in [-0.15, -0.1) is 0 Å². The van der Waals surface area contributed by atoms with Crippen molar-refractivity contribution in [3.63, 3.8) is 0 Å². The minimum Gasteiger partial charge on any atom is -0.268 e. The van der Waals surface area contributed by atoms with Crippen molar-refractivity contribution in [2.24, 2.45) is 0 Å². The Labute approximate surface area is 194 Å². The number of rotatable bonds is 7. The molecule has 4 rings (SSSR count). The number of fused-ring (bicyclic) bond motifs is 1. The molecule has 0 spiro atoms. The zero-order valence-corrected chi connectivity index (χ0v) is 19.2. The maximum absolute atomic E-state index is 13.3. The van der Waals surface area contributed by atoms with E-state index in [-0.39, 0.29) is 5.56 Å². The van der Waals surface area contributed by atoms with Crippen LogP contribution in [0.3, 0.4) is 0 Å². The van der Waals surface area contributed by atoms with Gasteiger partial charge in [-0.3, -0.25) is 9.36 Å². The van der Waals surface area contributed by atoms with Crippen LogP contribution in [0.2, 0.25) is 0 Å². The summed E-state index contributed by atoms with van der Waals surface area (Å²) in [5, 5.41) is 0.982. The van der Waals surface area contributed by atoms with Gasteiger partial charge in [0.2, 0.25) is 9.84 Å². The van der Waals surface area contributed by atoms with Crippen molar-refractivity contribution in [3.8, 4) is 5.69 Å². The molecule has 1 heterocycles. The molecular weight excluding hydrogens is 466 g/mol. The summed E-state index contributed by atoms with van der Waals surface area (Å²) < 4.78 is 50.3. The number of benzene rings is 3. The number of nitrogens with zero attached hydrogens (tertiary/aromatic N) is 2. The van der Waals surface area contributed by atoms with Crippen LogP contribution < -0.4 is 5.56 Å². The predicted octanol–water partition coefficient (Wildman–Crippen LogP) is 5.24. The van der Waals surface area contributed by atoms with E-state index >= 15 is 0 Å². The first-order chi connectivity index (χ1) is 15.8. The van der Waals surface area contributed by atoms with Crippen molar-refractivity contribution >= 4 is 32.5 Å². The molecule has 5 nitrogen and oxygen atoms in total. The molecule has 3 aromatic carbocycles. The molecule has 170 valence electrons. The minimum absolute atomic E-state index is 0.189. The summed E-state index contributed by atoms with van der Waals surface area (Å²) in [6.45, 7) is 2.05. The molecule has 0 amide bonds. The lowest BCUT2D eigenvalue weighted by atomic mass is 10.1. The Balaban J connectivity index is 1.70. The van der Waals surface area contributed by atoms with Gasteiger partial charge in [-0.1, -0.05) is 55.1 Å². The molecule has 4 aromatic rings. The fraction of sp³-hybridized carbons (Fsp3) is 0.167. The van der Waals surface area contributed by atoms with Gasteiger partial charge in [0.25, 0.3) is 5.56 Å². The fourth-order valence-electron chi connectivity index (χ4n) is 3.34. The number of alkyl halides is 2. The largest absolute Gasteiger partial charge is 0.341 e. The van der Waals surface area contributed by atoms with Gasteiger partial charge in [-0.25, -0.2) is 13.4 Å². The molecular formula is C24H20F2N2O3S2. The van der Waals surface area contributed by atoms with Gasteiger partial charge in [-0.2, -0.15) is 8.78 Å². The Hall–Kier alpha value is -3.04. The van der Waals surface area contributed by atoms with E-state index in [4.69, 9.17) is 0 Å². The zero-order chi connectivity index (χ0) is 23.6. The van der Waals surface area contributed by atoms with Crippen LogP contribution in [-0.2, 0) is 22.0 Å². The van der Waals surface area contributed by atoms with E-state index in [1.807, 2.05) is 30.3 Å². The van der Waals surface area contributed by atoms with Crippen LogP contribution in [-0.4, -0.2) is 23.7 Å². The summed E-state index contributed by atoms with van der Waals surface area (Å²) in [6, 6.07) is 20.1. The van der Waals surface area contributed by atoms with E-state index in [0.29, 0.717) is 33.1 Å². The molecule has 0 radical (unpaired) electrons. The fourth-order valence-corrected chi connectivity index (χ4v) is 5.03. The molecule has 0 N–H and O–H groups in total. The molecule has 0 atom stereocenters. The van der Waals surface area contributed by atoms with Crippen LogP contribution in [0.1, 0.15) is 18.1 Å². The van der Waals surface area contributed by atoms with Crippen molar-refractivity contribution in [3.05, 3.63) is 94.3 Å². The molecule has 0 saturated carbocycles. The quantitative estimate of drug-likeness (QED) is 0.264. The van der Waals surface area contributed by atoms with Crippen LogP contribution in [0.5, 0.6) is 0 Å². The SMILES string of the molecule is CCc1ccc(-n2c(SCc3ccc(S(=O)(=O)C(F)F)cc3)nc3ccccc3c2=O)cc1. The lowest BCUT2D eigenvalue weighted by molar-refractivity contribution is 0.234. The molecule has 33 heavy (non-hydrogen) atoms. The second-order valence-electron chi connectivity index (χ2n) is 7.31. The number of sulfone groups is 1. The Morgan fingerprint density at radius 2 is 1.58 bits per heavy atom. The second kappa shape index (κ2) is 9.44. The Morgan fingerprint density at radius 3 is 2.21 bits per heavy atom. The Morgan fingerprint density at radius 1 is 0.939 bits per heavy atom. The highest BCUT2D eigenvalue weighted by Gasteiger charge is 2.26. The average Bonchev–Trinajstić information content (AvgIpc) is 2.83. The third kappa shape index (κ3) is 4.69. The molecule has 9 heteroatoms. The van der Waals surface area contributed by atoms with E-state index in [1.165, 1.54) is 36.0 Å². The summed E-state index contributed by atoms with van der Waals surface area (Å²) in [6.07, 6.45) is 0.879.